The molecule has 0 bridgehead atoms. The van der Waals surface area contributed by atoms with Gasteiger partial charge in [0.05, 0.1) is 6.61 Å². The third-order valence-corrected chi connectivity index (χ3v) is 1.87. The van der Waals surface area contributed by atoms with Crippen LogP contribution in [0.1, 0.15) is 24.9 Å². The number of carbonyl (C=O) groups is 1. The lowest BCUT2D eigenvalue weighted by molar-refractivity contribution is -0.425. The quantitative estimate of drug-likeness (QED) is 0.703. The fourth-order valence-corrected chi connectivity index (χ4v) is 1.16. The van der Waals surface area contributed by atoms with Crippen LogP contribution in [-0.2, 0) is 9.53 Å². The van der Waals surface area contributed by atoms with E-state index >= 15 is 0 Å². The predicted molar refractivity (Wildman–Crippen MR) is 51.1 cm³/mol. The molecule has 1 aromatic heterocycles. The minimum atomic E-state index is -0.212. The Morgan fingerprint density at radius 2 is 2.50 bits per heavy atom. The van der Waals surface area contributed by atoms with E-state index in [0.29, 0.717) is 13.0 Å². The summed E-state index contributed by atoms with van der Waals surface area (Å²) in [6, 6.07) is 3.66. The summed E-state index contributed by atoms with van der Waals surface area (Å²) in [6.07, 6.45) is 3.72. The van der Waals surface area contributed by atoms with E-state index in [4.69, 9.17) is 4.74 Å². The molecule has 0 spiro atoms. The molecule has 1 atom stereocenters. The third kappa shape index (κ3) is 3.14. The van der Waals surface area contributed by atoms with Crippen molar-refractivity contribution >= 4 is 5.97 Å². The van der Waals surface area contributed by atoms with Gasteiger partial charge in [0.1, 0.15) is 12.5 Å². The van der Waals surface area contributed by atoms with E-state index in [0.717, 1.165) is 5.56 Å². The van der Waals surface area contributed by atoms with Gasteiger partial charge >= 0.3 is 5.97 Å². The van der Waals surface area contributed by atoms with Crippen LogP contribution in [0.15, 0.2) is 24.5 Å². The number of hydrogen-bond donors (Lipinski definition) is 1. The molecule has 0 amide bonds. The van der Waals surface area contributed by atoms with Gasteiger partial charge in [0.15, 0.2) is 0 Å². The summed E-state index contributed by atoms with van der Waals surface area (Å²) in [4.78, 5) is 15.1. The number of hydrogen-bond acceptors (Lipinski definition) is 3. The molecule has 4 nitrogen and oxygen atoms in total. The highest BCUT2D eigenvalue weighted by Gasteiger charge is 2.15. The maximum absolute atomic E-state index is 11.1. The van der Waals surface area contributed by atoms with Gasteiger partial charge in [0.25, 0.3) is 0 Å². The molecule has 0 saturated carbocycles. The number of nitrogens with zero attached hydrogens (tertiary/aromatic N) is 1. The highest BCUT2D eigenvalue weighted by Crippen LogP contribution is 2.10. The summed E-state index contributed by atoms with van der Waals surface area (Å²) in [6.45, 7) is 2.21. The Bertz CT molecular complexity index is 287. The maximum atomic E-state index is 11.1. The van der Waals surface area contributed by atoms with Crippen LogP contribution < -0.4 is 5.73 Å². The Morgan fingerprint density at radius 1 is 1.71 bits per heavy atom. The van der Waals surface area contributed by atoms with Crippen LogP contribution in [0, 0.1) is 0 Å². The zero-order valence-electron chi connectivity index (χ0n) is 8.27. The lowest BCUT2D eigenvalue weighted by atomic mass is 10.1. The molecular formula is C10H15N2O2+. The van der Waals surface area contributed by atoms with Gasteiger partial charge < -0.3 is 10.5 Å². The van der Waals surface area contributed by atoms with E-state index < -0.39 is 0 Å². The predicted octanol–water partition coefficient (Wildman–Crippen LogP) is 0.318. The van der Waals surface area contributed by atoms with Gasteiger partial charge in [0.2, 0.25) is 0 Å². The second kappa shape index (κ2) is 5.34. The molecule has 0 radical (unpaired) electrons. The summed E-state index contributed by atoms with van der Waals surface area (Å²) in [5, 5.41) is 0. The Hall–Kier alpha value is -1.42. The molecule has 14 heavy (non-hydrogen) atoms. The first-order chi connectivity index (χ1) is 6.74. The summed E-state index contributed by atoms with van der Waals surface area (Å²) in [7, 11) is 0. The second-order valence-electron chi connectivity index (χ2n) is 2.99. The Kier molecular flexibility index (Phi) is 4.07. The minimum Gasteiger partial charge on any atom is -0.466 e. The van der Waals surface area contributed by atoms with Crippen molar-refractivity contribution in [3.63, 3.8) is 0 Å². The number of pyridine rings is 1. The van der Waals surface area contributed by atoms with Crippen molar-refractivity contribution < 1.29 is 15.3 Å². The zero-order chi connectivity index (χ0) is 10.4. The number of esters is 1. The molecule has 3 N–H and O–H groups in total. The average Bonchev–Trinajstić information content (AvgIpc) is 2.19. The normalized spacial score (nSPS) is 12.1. The van der Waals surface area contributed by atoms with Crippen LogP contribution in [0.3, 0.4) is 0 Å². The van der Waals surface area contributed by atoms with Crippen molar-refractivity contribution in [3.8, 4) is 0 Å². The van der Waals surface area contributed by atoms with Crippen molar-refractivity contribution in [1.82, 2.24) is 4.98 Å². The molecule has 0 fully saturated rings. The Balaban J connectivity index is 2.50. The highest BCUT2D eigenvalue weighted by molar-refractivity contribution is 5.70. The van der Waals surface area contributed by atoms with Crippen LogP contribution in [0.25, 0.3) is 0 Å². The average molecular weight is 195 g/mol. The Morgan fingerprint density at radius 3 is 3.07 bits per heavy atom. The molecule has 0 aromatic carbocycles. The van der Waals surface area contributed by atoms with Crippen molar-refractivity contribution in [1.29, 1.82) is 0 Å². The fourth-order valence-electron chi connectivity index (χ4n) is 1.16. The van der Waals surface area contributed by atoms with Crippen molar-refractivity contribution in [3.05, 3.63) is 30.1 Å². The minimum absolute atomic E-state index is 0.0808. The monoisotopic (exact) mass is 195 g/mol. The molecule has 1 aromatic rings. The van der Waals surface area contributed by atoms with Crippen LogP contribution in [0.2, 0.25) is 0 Å². The summed E-state index contributed by atoms with van der Waals surface area (Å²) >= 11 is 0. The largest absolute Gasteiger partial charge is 0.466 e. The first-order valence-corrected chi connectivity index (χ1v) is 4.62. The Labute approximate surface area is 83.1 Å². The van der Waals surface area contributed by atoms with E-state index in [1.807, 2.05) is 12.1 Å². The van der Waals surface area contributed by atoms with Crippen LogP contribution >= 0.6 is 0 Å². The van der Waals surface area contributed by atoms with Gasteiger partial charge in [-0.3, -0.25) is 9.78 Å². The van der Waals surface area contributed by atoms with Crippen LogP contribution in [0.5, 0.6) is 0 Å². The van der Waals surface area contributed by atoms with E-state index in [9.17, 15) is 4.79 Å². The van der Waals surface area contributed by atoms with Crippen LogP contribution in [-0.4, -0.2) is 17.6 Å². The number of ether oxygens (including phenoxy) is 1. The molecule has 1 rings (SSSR count). The highest BCUT2D eigenvalue weighted by atomic mass is 16.5. The molecule has 4 heteroatoms. The topological polar surface area (TPSA) is 66.8 Å². The molecular weight excluding hydrogens is 180 g/mol. The molecule has 1 heterocycles. The first kappa shape index (κ1) is 10.7. The number of aromatic nitrogens is 1. The third-order valence-electron chi connectivity index (χ3n) is 1.87. The number of quaternary nitrogens is 1. The number of carbonyl (C=O) groups excluding carboxylic acids is 1. The summed E-state index contributed by atoms with van der Waals surface area (Å²) in [5.74, 6) is -0.212. The van der Waals surface area contributed by atoms with Gasteiger partial charge in [0, 0.05) is 18.0 Å². The summed E-state index contributed by atoms with van der Waals surface area (Å²) < 4.78 is 4.83. The lowest BCUT2D eigenvalue weighted by Gasteiger charge is -2.07. The molecule has 0 aliphatic heterocycles. The maximum Gasteiger partial charge on any atom is 0.312 e. The molecule has 0 aliphatic carbocycles. The zero-order valence-corrected chi connectivity index (χ0v) is 8.27. The van der Waals surface area contributed by atoms with Crippen molar-refractivity contribution in [2.24, 2.45) is 0 Å². The van der Waals surface area contributed by atoms with Crippen molar-refractivity contribution in [2.45, 2.75) is 19.4 Å². The molecule has 0 saturated heterocycles. The number of rotatable bonds is 4. The van der Waals surface area contributed by atoms with E-state index in [1.54, 1.807) is 19.3 Å². The fraction of sp³-hybridized carbons (Fsp3) is 0.400. The lowest BCUT2D eigenvalue weighted by Crippen LogP contribution is -2.54. The van der Waals surface area contributed by atoms with Gasteiger partial charge in [-0.25, -0.2) is 0 Å². The van der Waals surface area contributed by atoms with Gasteiger partial charge in [-0.15, -0.1) is 0 Å². The van der Waals surface area contributed by atoms with E-state index in [1.165, 1.54) is 0 Å². The van der Waals surface area contributed by atoms with Crippen LogP contribution in [0.4, 0.5) is 0 Å². The second-order valence-corrected chi connectivity index (χ2v) is 2.99. The smallest absolute Gasteiger partial charge is 0.312 e. The van der Waals surface area contributed by atoms with E-state index in [2.05, 4.69) is 10.7 Å². The molecule has 1 unspecified atom stereocenters. The SMILES string of the molecule is CCOC(=O)CC([NH3+])c1cccnc1. The van der Waals surface area contributed by atoms with Crippen molar-refractivity contribution in [2.75, 3.05) is 6.61 Å². The van der Waals surface area contributed by atoms with E-state index in [-0.39, 0.29) is 12.0 Å². The first-order valence-electron chi connectivity index (χ1n) is 4.62. The standard InChI is InChI=1S/C10H14N2O2/c1-2-14-10(13)6-9(11)8-4-3-5-12-7-8/h3-5,7,9H,2,6,11H2,1H3/p+1. The van der Waals surface area contributed by atoms with Gasteiger partial charge in [-0.2, -0.15) is 0 Å². The van der Waals surface area contributed by atoms with Gasteiger partial charge in [-0.1, -0.05) is 6.07 Å². The van der Waals surface area contributed by atoms with Gasteiger partial charge in [-0.05, 0) is 13.0 Å². The summed E-state index contributed by atoms with van der Waals surface area (Å²) in [5.41, 5.74) is 4.85. The molecule has 0 aliphatic rings. The molecule has 76 valence electrons.